The Bertz CT molecular complexity index is 1180. The molecule has 6 N–H and O–H groups in total. The Balaban J connectivity index is 1.39. The zero-order valence-electron chi connectivity index (χ0n) is 17.8. The van der Waals surface area contributed by atoms with Crippen molar-refractivity contribution < 1.29 is 9.59 Å². The number of likely N-dealkylation sites (N-methyl/N-ethyl adjacent to an activating group) is 1. The molecule has 3 aliphatic rings. The number of nitrogens with one attached hydrogen (secondary N) is 2. The first-order valence-electron chi connectivity index (χ1n) is 10.6. The zero-order chi connectivity index (χ0) is 22.5. The molecule has 164 valence electrons. The molecule has 2 aliphatic carbocycles. The van der Waals surface area contributed by atoms with Gasteiger partial charge in [-0.05, 0) is 55.0 Å². The number of anilines is 1. The number of fused-ring (bicyclic) bond motifs is 3. The fourth-order valence-electron chi connectivity index (χ4n) is 4.64. The lowest BCUT2D eigenvalue weighted by Crippen LogP contribution is -2.38. The van der Waals surface area contributed by atoms with E-state index in [9.17, 15) is 9.59 Å². The average Bonchev–Trinajstić information content (AvgIpc) is 3.51. The summed E-state index contributed by atoms with van der Waals surface area (Å²) in [6, 6.07) is 9.87. The maximum atomic E-state index is 12.9. The van der Waals surface area contributed by atoms with Gasteiger partial charge in [-0.2, -0.15) is 0 Å². The van der Waals surface area contributed by atoms with Crippen molar-refractivity contribution >= 4 is 29.2 Å². The second kappa shape index (κ2) is 7.45. The van der Waals surface area contributed by atoms with E-state index in [4.69, 9.17) is 11.6 Å². The maximum Gasteiger partial charge on any atom is 0.271 e. The van der Waals surface area contributed by atoms with E-state index in [1.165, 1.54) is 6.08 Å². The second-order valence-electron chi connectivity index (χ2n) is 8.63. The van der Waals surface area contributed by atoms with Gasteiger partial charge >= 0.3 is 0 Å². The van der Waals surface area contributed by atoms with Gasteiger partial charge in [0.15, 0.2) is 0 Å². The highest BCUT2D eigenvalue weighted by molar-refractivity contribution is 6.06. The van der Waals surface area contributed by atoms with Crippen molar-refractivity contribution in [1.82, 2.24) is 15.3 Å². The van der Waals surface area contributed by atoms with Crippen LogP contribution < -0.4 is 22.3 Å². The summed E-state index contributed by atoms with van der Waals surface area (Å²) >= 11 is 0. The van der Waals surface area contributed by atoms with Crippen molar-refractivity contribution in [2.24, 2.45) is 16.6 Å². The predicted octanol–water partition coefficient (Wildman–Crippen LogP) is 1.03. The Kier molecular flexibility index (Phi) is 4.70. The molecule has 2 aromatic rings. The van der Waals surface area contributed by atoms with E-state index in [1.807, 2.05) is 30.3 Å². The Morgan fingerprint density at radius 1 is 1.31 bits per heavy atom. The summed E-state index contributed by atoms with van der Waals surface area (Å²) in [6.45, 7) is 0. The molecule has 1 aromatic carbocycles. The monoisotopic (exact) mass is 431 g/mol. The highest BCUT2D eigenvalue weighted by atomic mass is 16.2. The van der Waals surface area contributed by atoms with E-state index < -0.39 is 5.41 Å². The summed E-state index contributed by atoms with van der Waals surface area (Å²) in [5, 5.41) is 2.91. The fourth-order valence-corrected chi connectivity index (χ4v) is 4.64. The van der Waals surface area contributed by atoms with Crippen molar-refractivity contribution in [2.75, 3.05) is 12.4 Å². The van der Waals surface area contributed by atoms with Crippen LogP contribution in [0.2, 0.25) is 0 Å². The van der Waals surface area contributed by atoms with Crippen molar-refractivity contribution in [3.05, 3.63) is 65.0 Å². The van der Waals surface area contributed by atoms with E-state index in [2.05, 4.69) is 20.7 Å². The van der Waals surface area contributed by atoms with Gasteiger partial charge in [0, 0.05) is 30.9 Å². The number of nitrogens with zero attached hydrogens (tertiary/aromatic N) is 3. The maximum absolute atomic E-state index is 12.9. The van der Waals surface area contributed by atoms with Crippen molar-refractivity contribution in [1.29, 1.82) is 0 Å². The number of amides is 2. The van der Waals surface area contributed by atoms with Gasteiger partial charge in [0.25, 0.3) is 5.91 Å². The van der Waals surface area contributed by atoms with Crippen molar-refractivity contribution in [3.8, 4) is 0 Å². The van der Waals surface area contributed by atoms with Crippen LogP contribution in [0.5, 0.6) is 0 Å². The number of carbonyl (C=O) groups is 2. The summed E-state index contributed by atoms with van der Waals surface area (Å²) in [7, 11) is 1.75. The number of hydrazine groups is 1. The number of pyridine rings is 1. The standard InChI is InChI=1S/C23H25N7O2/c1-30(16-6-7-16)21(31)18(29-25)10-19(24)27-15-5-4-13-11-23(12-14(13)9-15)17-3-2-8-26-20(17)28-22(23)32/h2-5,8-10,16,29H,6-7,11-12,25H2,1H3,(H2,24,27)(H,26,28,32)/b18-10-. The highest BCUT2D eigenvalue weighted by Crippen LogP contribution is 2.47. The number of rotatable bonds is 5. The fraction of sp³-hybridized carbons (Fsp3) is 0.304. The molecule has 0 saturated heterocycles. The average molecular weight is 432 g/mol. The molecule has 1 atom stereocenters. The van der Waals surface area contributed by atoms with Gasteiger partial charge in [0.05, 0.1) is 11.1 Å². The van der Waals surface area contributed by atoms with Gasteiger partial charge in [-0.3, -0.25) is 15.4 Å². The predicted molar refractivity (Wildman–Crippen MR) is 121 cm³/mol. The van der Waals surface area contributed by atoms with Gasteiger partial charge in [-0.1, -0.05) is 12.1 Å². The lowest BCUT2D eigenvalue weighted by molar-refractivity contribution is -0.126. The third kappa shape index (κ3) is 3.31. The van der Waals surface area contributed by atoms with Crippen LogP contribution in [-0.4, -0.2) is 40.6 Å². The second-order valence-corrected chi connectivity index (χ2v) is 8.63. The van der Waals surface area contributed by atoms with Crippen molar-refractivity contribution in [2.45, 2.75) is 37.1 Å². The van der Waals surface area contributed by atoms with Crippen LogP contribution in [0.4, 0.5) is 11.5 Å². The summed E-state index contributed by atoms with van der Waals surface area (Å²) in [4.78, 5) is 35.8. The molecule has 2 heterocycles. The number of aliphatic imine (C=N–C) groups is 1. The minimum Gasteiger partial charge on any atom is -0.384 e. The molecule has 1 spiro atoms. The Morgan fingerprint density at radius 3 is 2.84 bits per heavy atom. The lowest BCUT2D eigenvalue weighted by atomic mass is 9.79. The zero-order valence-corrected chi connectivity index (χ0v) is 17.8. The number of amidine groups is 1. The Labute approximate surface area is 185 Å². The molecular formula is C23H25N7O2. The number of nitrogens with two attached hydrogens (primary N) is 2. The molecular weight excluding hydrogens is 406 g/mol. The third-order valence-electron chi connectivity index (χ3n) is 6.52. The molecule has 1 aromatic heterocycles. The topological polar surface area (TPSA) is 139 Å². The largest absolute Gasteiger partial charge is 0.384 e. The van der Waals surface area contributed by atoms with Gasteiger partial charge < -0.3 is 21.4 Å². The molecule has 1 aliphatic heterocycles. The first-order chi connectivity index (χ1) is 15.4. The number of carbonyl (C=O) groups excluding carboxylic acids is 2. The van der Waals surface area contributed by atoms with E-state index in [0.29, 0.717) is 24.3 Å². The van der Waals surface area contributed by atoms with Crippen LogP contribution in [0.3, 0.4) is 0 Å². The van der Waals surface area contributed by atoms with Crippen LogP contribution in [0.1, 0.15) is 29.5 Å². The molecule has 1 saturated carbocycles. The molecule has 0 bridgehead atoms. The molecule has 1 fully saturated rings. The minimum atomic E-state index is -0.629. The van der Waals surface area contributed by atoms with E-state index in [0.717, 1.165) is 29.5 Å². The van der Waals surface area contributed by atoms with Crippen LogP contribution in [0.15, 0.2) is 53.3 Å². The summed E-state index contributed by atoms with van der Waals surface area (Å²) in [5.41, 5.74) is 11.8. The molecule has 0 radical (unpaired) electrons. The normalized spacial score (nSPS) is 21.9. The van der Waals surface area contributed by atoms with Crippen LogP contribution in [-0.2, 0) is 27.8 Å². The van der Waals surface area contributed by atoms with E-state index in [-0.39, 0.29) is 29.4 Å². The quantitative estimate of drug-likeness (QED) is 0.183. The third-order valence-corrected chi connectivity index (χ3v) is 6.52. The van der Waals surface area contributed by atoms with Gasteiger partial charge in [0.2, 0.25) is 5.91 Å². The first kappa shape index (κ1) is 20.2. The molecule has 9 nitrogen and oxygen atoms in total. The molecule has 5 rings (SSSR count). The molecule has 32 heavy (non-hydrogen) atoms. The summed E-state index contributed by atoms with van der Waals surface area (Å²) in [5.74, 6) is 6.11. The number of hydrogen-bond acceptors (Lipinski definition) is 6. The summed E-state index contributed by atoms with van der Waals surface area (Å²) < 4.78 is 0. The van der Waals surface area contributed by atoms with E-state index in [1.54, 1.807) is 18.1 Å². The molecule has 9 heteroatoms. The van der Waals surface area contributed by atoms with Crippen LogP contribution in [0, 0.1) is 0 Å². The molecule has 1 unspecified atom stereocenters. The Morgan fingerprint density at radius 2 is 2.09 bits per heavy atom. The lowest BCUT2D eigenvalue weighted by Gasteiger charge is -2.20. The minimum absolute atomic E-state index is 0.0214. The number of benzene rings is 1. The SMILES string of the molecule is CN(C(=O)/C(=C/C(N)=Nc1ccc2c(c1)CC1(C2)C(=O)Nc2ncccc21)NN)C1CC1. The van der Waals surface area contributed by atoms with Gasteiger partial charge in [-0.15, -0.1) is 0 Å². The molecule has 2 amide bonds. The first-order valence-corrected chi connectivity index (χ1v) is 10.6. The Hall–Kier alpha value is -3.72. The van der Waals surface area contributed by atoms with Crippen LogP contribution in [0.25, 0.3) is 0 Å². The number of aromatic nitrogens is 1. The smallest absolute Gasteiger partial charge is 0.271 e. The van der Waals surface area contributed by atoms with Crippen LogP contribution >= 0.6 is 0 Å². The van der Waals surface area contributed by atoms with Gasteiger partial charge in [-0.25, -0.2) is 9.98 Å². The summed E-state index contributed by atoms with van der Waals surface area (Å²) in [6.07, 6.45) is 6.32. The highest BCUT2D eigenvalue weighted by Gasteiger charge is 2.51. The van der Waals surface area contributed by atoms with Crippen molar-refractivity contribution in [3.63, 3.8) is 0 Å². The van der Waals surface area contributed by atoms with Gasteiger partial charge in [0.1, 0.15) is 17.4 Å². The number of hydrogen-bond donors (Lipinski definition) is 4. The van der Waals surface area contributed by atoms with E-state index >= 15 is 0 Å².